The van der Waals surface area contributed by atoms with Gasteiger partial charge in [-0.2, -0.15) is 4.57 Å². The second kappa shape index (κ2) is 8.99. The van der Waals surface area contributed by atoms with Crippen LogP contribution in [0.1, 0.15) is 22.5 Å². The number of pyridine rings is 1. The molecule has 0 fully saturated rings. The Hall–Kier alpha value is -5.53. The van der Waals surface area contributed by atoms with Gasteiger partial charge in [0.1, 0.15) is 0 Å². The second-order valence-corrected chi connectivity index (χ2v) is 12.2. The Labute approximate surface area is 256 Å². The van der Waals surface area contributed by atoms with Crippen LogP contribution in [0.2, 0.25) is 0 Å². The van der Waals surface area contributed by atoms with Gasteiger partial charge in [0, 0.05) is 23.3 Å². The van der Waals surface area contributed by atoms with Crippen LogP contribution in [-0.2, 0) is 12.8 Å². The first-order chi connectivity index (χ1) is 21.8. The smallest absolute Gasteiger partial charge is 0.160 e. The van der Waals surface area contributed by atoms with Gasteiger partial charge in [0.05, 0.1) is 18.4 Å². The van der Waals surface area contributed by atoms with Gasteiger partial charge in [-0.25, -0.2) is 0 Å². The predicted octanol–water partition coefficient (Wildman–Crippen LogP) is 10.2. The zero-order valence-corrected chi connectivity index (χ0v) is 24.2. The van der Waals surface area contributed by atoms with Crippen LogP contribution >= 0.6 is 0 Å². The van der Waals surface area contributed by atoms with Crippen LogP contribution < -0.4 is 4.57 Å². The van der Waals surface area contributed by atoms with Gasteiger partial charge in [0.2, 0.25) is 5.69 Å². The second-order valence-electron chi connectivity index (χ2n) is 12.2. The summed E-state index contributed by atoms with van der Waals surface area (Å²) in [5.74, 6) is 0. The van der Waals surface area contributed by atoms with E-state index in [0.717, 1.165) is 12.8 Å². The summed E-state index contributed by atoms with van der Waals surface area (Å²) in [7, 11) is 0. The monoisotopic (exact) mass is 558 g/mol. The zero-order chi connectivity index (χ0) is 28.8. The fourth-order valence-electron chi connectivity index (χ4n) is 8.16. The molecule has 0 amide bonds. The van der Waals surface area contributed by atoms with Crippen molar-refractivity contribution in [3.8, 4) is 39.1 Å². The molecule has 0 bridgehead atoms. The van der Waals surface area contributed by atoms with E-state index in [9.17, 15) is 0 Å². The van der Waals surface area contributed by atoms with E-state index < -0.39 is 0 Å². The third-order valence-electron chi connectivity index (χ3n) is 9.92. The first kappa shape index (κ1) is 24.0. The number of hydrogen-bond donors (Lipinski definition) is 0. The van der Waals surface area contributed by atoms with Gasteiger partial charge < -0.3 is 0 Å². The van der Waals surface area contributed by atoms with Crippen molar-refractivity contribution in [1.29, 1.82) is 0 Å². The standard InChI is InChI=1S/C43H28N/c1-2-12-27(13-3-1)40-33-17-7-9-19-35(33)42(36-20-10-8-18-34(36)40)43-32-16-6-4-14-28(32)24-30-26-39-37(41(30)43)23-22-31-25-29-15-5-11-21-38(29)44(31)39/h1-24H,25-26H2/q+1. The van der Waals surface area contributed by atoms with E-state index in [4.69, 9.17) is 0 Å². The third kappa shape index (κ3) is 3.21. The SMILES string of the molecule is c1ccc(-c2c3ccccc3c(-c3c4c(cc5ccccc35)Cc3c-4ccc4[n+]3-c3ccccc3C4)c3ccccc23)cc1. The Morgan fingerprint density at radius 1 is 0.409 bits per heavy atom. The zero-order valence-electron chi connectivity index (χ0n) is 24.2. The molecule has 10 rings (SSSR count). The summed E-state index contributed by atoms with van der Waals surface area (Å²) in [5, 5.41) is 7.81. The summed E-state index contributed by atoms with van der Waals surface area (Å²) in [6, 6.07) is 54.1. The maximum Gasteiger partial charge on any atom is 0.214 e. The quantitative estimate of drug-likeness (QED) is 0.147. The average Bonchev–Trinajstić information content (AvgIpc) is 3.65. The Morgan fingerprint density at radius 3 is 1.77 bits per heavy atom. The van der Waals surface area contributed by atoms with Gasteiger partial charge in [-0.15, -0.1) is 0 Å². The highest BCUT2D eigenvalue weighted by Gasteiger charge is 2.37. The van der Waals surface area contributed by atoms with Crippen LogP contribution in [0.5, 0.6) is 0 Å². The van der Waals surface area contributed by atoms with Crippen LogP contribution in [0.15, 0.2) is 146 Å². The maximum absolute atomic E-state index is 2.55. The first-order valence-electron chi connectivity index (χ1n) is 15.5. The molecule has 1 heteroatoms. The molecule has 0 atom stereocenters. The normalized spacial score (nSPS) is 12.8. The summed E-state index contributed by atoms with van der Waals surface area (Å²) in [6.45, 7) is 0. The van der Waals surface area contributed by atoms with Crippen molar-refractivity contribution in [3.05, 3.63) is 168 Å². The molecule has 7 aromatic carbocycles. The van der Waals surface area contributed by atoms with Crippen LogP contribution in [0, 0.1) is 0 Å². The molecular formula is C43H28N+. The van der Waals surface area contributed by atoms with Crippen molar-refractivity contribution in [2.75, 3.05) is 0 Å². The summed E-state index contributed by atoms with van der Waals surface area (Å²) in [4.78, 5) is 0. The maximum atomic E-state index is 2.55. The molecule has 1 nitrogen and oxygen atoms in total. The summed E-state index contributed by atoms with van der Waals surface area (Å²) >= 11 is 0. The number of hydrogen-bond acceptors (Lipinski definition) is 0. The van der Waals surface area contributed by atoms with Crippen LogP contribution in [-0.4, -0.2) is 0 Å². The van der Waals surface area contributed by atoms with E-state index in [-0.39, 0.29) is 0 Å². The van der Waals surface area contributed by atoms with Crippen LogP contribution in [0.4, 0.5) is 0 Å². The molecule has 0 radical (unpaired) electrons. The minimum Gasteiger partial charge on any atom is -0.160 e. The van der Waals surface area contributed by atoms with Crippen molar-refractivity contribution in [2.24, 2.45) is 0 Å². The summed E-state index contributed by atoms with van der Waals surface area (Å²) in [5.41, 5.74) is 15.0. The molecule has 0 saturated carbocycles. The van der Waals surface area contributed by atoms with Crippen LogP contribution in [0.3, 0.4) is 0 Å². The number of nitrogens with zero attached hydrogens (tertiary/aromatic N) is 1. The lowest BCUT2D eigenvalue weighted by atomic mass is 9.82. The molecule has 204 valence electrons. The predicted molar refractivity (Wildman–Crippen MR) is 182 cm³/mol. The molecule has 0 saturated heterocycles. The van der Waals surface area contributed by atoms with Crippen LogP contribution in [0.25, 0.3) is 71.4 Å². The highest BCUT2D eigenvalue weighted by molar-refractivity contribution is 6.25. The molecule has 0 unspecified atom stereocenters. The lowest BCUT2D eigenvalue weighted by Gasteiger charge is -2.21. The summed E-state index contributed by atoms with van der Waals surface area (Å²) in [6.07, 6.45) is 1.92. The molecular weight excluding hydrogens is 530 g/mol. The topological polar surface area (TPSA) is 3.88 Å². The Bertz CT molecular complexity index is 2430. The molecule has 1 aromatic heterocycles. The van der Waals surface area contributed by atoms with E-state index in [2.05, 4.69) is 150 Å². The van der Waals surface area contributed by atoms with Gasteiger partial charge in [-0.3, -0.25) is 0 Å². The van der Waals surface area contributed by atoms with E-state index in [1.807, 2.05) is 0 Å². The summed E-state index contributed by atoms with van der Waals surface area (Å²) < 4.78 is 2.55. The molecule has 1 aliphatic carbocycles. The molecule has 0 spiro atoms. The van der Waals surface area contributed by atoms with E-state index in [1.165, 1.54) is 93.9 Å². The average molecular weight is 559 g/mol. The molecule has 1 aliphatic heterocycles. The molecule has 2 aliphatic rings. The lowest BCUT2D eigenvalue weighted by Crippen LogP contribution is -2.36. The minimum atomic E-state index is 0.933. The van der Waals surface area contributed by atoms with Crippen molar-refractivity contribution in [1.82, 2.24) is 0 Å². The number of para-hydroxylation sites is 1. The van der Waals surface area contributed by atoms with Gasteiger partial charge in [0.15, 0.2) is 11.4 Å². The molecule has 8 aromatic rings. The van der Waals surface area contributed by atoms with Crippen molar-refractivity contribution < 1.29 is 4.57 Å². The number of benzene rings is 7. The largest absolute Gasteiger partial charge is 0.214 e. The molecule has 2 heterocycles. The van der Waals surface area contributed by atoms with Crippen molar-refractivity contribution in [2.45, 2.75) is 12.8 Å². The van der Waals surface area contributed by atoms with Crippen molar-refractivity contribution in [3.63, 3.8) is 0 Å². The van der Waals surface area contributed by atoms with Gasteiger partial charge in [0.25, 0.3) is 0 Å². The van der Waals surface area contributed by atoms with Crippen molar-refractivity contribution >= 4 is 32.3 Å². The Balaban J connectivity index is 1.37. The molecule has 44 heavy (non-hydrogen) atoms. The van der Waals surface area contributed by atoms with E-state index in [0.29, 0.717) is 0 Å². The highest BCUT2D eigenvalue weighted by atomic mass is 15.0. The fourth-order valence-corrected chi connectivity index (χ4v) is 8.16. The van der Waals surface area contributed by atoms with Gasteiger partial charge in [-0.1, -0.05) is 121 Å². The fraction of sp³-hybridized carbons (Fsp3) is 0.0465. The number of aromatic nitrogens is 1. The number of fused-ring (bicyclic) bond motifs is 10. The number of rotatable bonds is 2. The minimum absolute atomic E-state index is 0.933. The lowest BCUT2D eigenvalue weighted by molar-refractivity contribution is -0.604. The third-order valence-corrected chi connectivity index (χ3v) is 9.92. The van der Waals surface area contributed by atoms with Gasteiger partial charge >= 0.3 is 0 Å². The van der Waals surface area contributed by atoms with E-state index >= 15 is 0 Å². The Morgan fingerprint density at radius 2 is 1.02 bits per heavy atom. The van der Waals surface area contributed by atoms with Gasteiger partial charge in [-0.05, 0) is 72.3 Å². The Kier molecular flexibility index (Phi) is 4.90. The molecule has 0 N–H and O–H groups in total. The first-order valence-corrected chi connectivity index (χ1v) is 15.5. The van der Waals surface area contributed by atoms with E-state index in [1.54, 1.807) is 0 Å². The highest BCUT2D eigenvalue weighted by Crippen LogP contribution is 2.51.